The lowest BCUT2D eigenvalue weighted by Gasteiger charge is -2.35. The van der Waals surface area contributed by atoms with Crippen LogP contribution in [0.1, 0.15) is 29.2 Å². The van der Waals surface area contributed by atoms with Gasteiger partial charge in [-0.1, -0.05) is 36.4 Å². The fourth-order valence-electron chi connectivity index (χ4n) is 3.29. The molecule has 0 saturated heterocycles. The third kappa shape index (κ3) is 2.20. The zero-order valence-electron chi connectivity index (χ0n) is 11.9. The molecule has 22 heavy (non-hydrogen) atoms. The number of nitrogens with one attached hydrogen (secondary N) is 2. The molecule has 1 aliphatic heterocycles. The average molecular weight is 310 g/mol. The van der Waals surface area contributed by atoms with Crippen LogP contribution < -0.4 is 10.6 Å². The lowest BCUT2D eigenvalue weighted by molar-refractivity contribution is 0.622. The highest BCUT2D eigenvalue weighted by Crippen LogP contribution is 2.38. The normalized spacial score (nSPS) is 19.9. The summed E-state index contributed by atoms with van der Waals surface area (Å²) >= 11 is 5.38. The van der Waals surface area contributed by atoms with E-state index in [1.54, 1.807) is 0 Å². The fourth-order valence-corrected chi connectivity index (χ4v) is 3.51. The Balaban J connectivity index is 1.84. The molecular formula is C18H15FN2S. The molecule has 0 bridgehead atoms. The van der Waals surface area contributed by atoms with Gasteiger partial charge in [-0.15, -0.1) is 0 Å². The minimum Gasteiger partial charge on any atom is -0.352 e. The molecule has 1 aliphatic carbocycles. The number of rotatable bonds is 1. The molecule has 0 saturated carbocycles. The fraction of sp³-hybridized carbons (Fsp3) is 0.167. The molecule has 4 rings (SSSR count). The van der Waals surface area contributed by atoms with Crippen molar-refractivity contribution in [2.24, 2.45) is 0 Å². The summed E-state index contributed by atoms with van der Waals surface area (Å²) in [7, 11) is 0. The largest absolute Gasteiger partial charge is 0.352 e. The van der Waals surface area contributed by atoms with Crippen LogP contribution >= 0.6 is 12.2 Å². The van der Waals surface area contributed by atoms with E-state index in [1.165, 1.54) is 28.8 Å². The first kappa shape index (κ1) is 13.5. The standard InChI is InChI=1S/C18H15FN2S/c19-13-8-5-12(6-9-13)16-15-10-7-11-3-1-2-4-14(11)17(15)21-18(22)20-16/h1-6,8-9,16H,7,10H2,(H2,20,21,22)/t16-/m1/s1. The van der Waals surface area contributed by atoms with E-state index in [0.29, 0.717) is 5.11 Å². The van der Waals surface area contributed by atoms with Gasteiger partial charge in [-0.3, -0.25) is 0 Å². The molecule has 2 aliphatic rings. The molecule has 2 N–H and O–H groups in total. The van der Waals surface area contributed by atoms with Gasteiger partial charge in [0.05, 0.1) is 6.04 Å². The van der Waals surface area contributed by atoms with Crippen molar-refractivity contribution in [3.63, 3.8) is 0 Å². The maximum absolute atomic E-state index is 13.2. The topological polar surface area (TPSA) is 24.1 Å². The van der Waals surface area contributed by atoms with E-state index in [2.05, 4.69) is 34.9 Å². The van der Waals surface area contributed by atoms with Gasteiger partial charge in [0.2, 0.25) is 0 Å². The van der Waals surface area contributed by atoms with Crippen LogP contribution in [-0.2, 0) is 6.42 Å². The second-order valence-electron chi connectivity index (χ2n) is 5.64. The number of halogens is 1. The molecule has 1 atom stereocenters. The van der Waals surface area contributed by atoms with Crippen molar-refractivity contribution in [3.05, 3.63) is 76.6 Å². The van der Waals surface area contributed by atoms with Crippen molar-refractivity contribution in [1.82, 2.24) is 10.6 Å². The summed E-state index contributed by atoms with van der Waals surface area (Å²) in [6, 6.07) is 15.1. The van der Waals surface area contributed by atoms with E-state index in [1.807, 2.05) is 12.1 Å². The van der Waals surface area contributed by atoms with Crippen LogP contribution in [0, 0.1) is 5.82 Å². The predicted octanol–water partition coefficient (Wildman–Crippen LogP) is 3.70. The van der Waals surface area contributed by atoms with Gasteiger partial charge in [0.15, 0.2) is 5.11 Å². The van der Waals surface area contributed by atoms with Gasteiger partial charge in [-0.05, 0) is 53.9 Å². The Hall–Kier alpha value is -2.20. The Bertz CT molecular complexity index is 780. The molecule has 4 heteroatoms. The van der Waals surface area contributed by atoms with Gasteiger partial charge < -0.3 is 10.6 Å². The highest BCUT2D eigenvalue weighted by Gasteiger charge is 2.30. The zero-order valence-corrected chi connectivity index (χ0v) is 12.7. The Labute approximate surface area is 134 Å². The van der Waals surface area contributed by atoms with Crippen LogP contribution in [0.5, 0.6) is 0 Å². The maximum Gasteiger partial charge on any atom is 0.171 e. The third-order valence-corrected chi connectivity index (χ3v) is 4.56. The molecule has 1 heterocycles. The molecule has 0 unspecified atom stereocenters. The summed E-state index contributed by atoms with van der Waals surface area (Å²) in [6.07, 6.45) is 1.99. The zero-order chi connectivity index (χ0) is 15.1. The number of hydrogen-bond donors (Lipinski definition) is 2. The van der Waals surface area contributed by atoms with E-state index in [4.69, 9.17) is 12.2 Å². The van der Waals surface area contributed by atoms with Gasteiger partial charge >= 0.3 is 0 Å². The summed E-state index contributed by atoms with van der Waals surface area (Å²) in [4.78, 5) is 0. The Morgan fingerprint density at radius 3 is 2.59 bits per heavy atom. The highest BCUT2D eigenvalue weighted by molar-refractivity contribution is 7.80. The molecule has 110 valence electrons. The van der Waals surface area contributed by atoms with Crippen LogP contribution in [-0.4, -0.2) is 5.11 Å². The van der Waals surface area contributed by atoms with Crippen molar-refractivity contribution in [1.29, 1.82) is 0 Å². The summed E-state index contributed by atoms with van der Waals surface area (Å²) in [6.45, 7) is 0. The maximum atomic E-state index is 13.2. The third-order valence-electron chi connectivity index (χ3n) is 4.34. The second-order valence-corrected chi connectivity index (χ2v) is 6.05. The van der Waals surface area contributed by atoms with E-state index < -0.39 is 0 Å². The second kappa shape index (κ2) is 5.21. The Morgan fingerprint density at radius 2 is 1.77 bits per heavy atom. The highest BCUT2D eigenvalue weighted by atomic mass is 32.1. The first-order chi connectivity index (χ1) is 10.7. The Kier molecular flexibility index (Phi) is 3.19. The lowest BCUT2D eigenvalue weighted by Crippen LogP contribution is -2.44. The molecule has 0 spiro atoms. The molecule has 2 nitrogen and oxygen atoms in total. The van der Waals surface area contributed by atoms with Crippen molar-refractivity contribution in [3.8, 4) is 0 Å². The number of thiocarbonyl (C=S) groups is 1. The van der Waals surface area contributed by atoms with Crippen molar-refractivity contribution >= 4 is 23.0 Å². The monoisotopic (exact) mass is 310 g/mol. The van der Waals surface area contributed by atoms with Gasteiger partial charge in [0.1, 0.15) is 5.82 Å². The van der Waals surface area contributed by atoms with E-state index in [9.17, 15) is 4.39 Å². The van der Waals surface area contributed by atoms with Crippen molar-refractivity contribution in [2.45, 2.75) is 18.9 Å². The number of benzene rings is 2. The van der Waals surface area contributed by atoms with E-state index >= 15 is 0 Å². The molecule has 2 aromatic carbocycles. The minimum absolute atomic E-state index is 0.0118. The molecule has 0 radical (unpaired) electrons. The van der Waals surface area contributed by atoms with Gasteiger partial charge in [0.25, 0.3) is 0 Å². The molecule has 0 aromatic heterocycles. The predicted molar refractivity (Wildman–Crippen MR) is 89.7 cm³/mol. The van der Waals surface area contributed by atoms with E-state index in [0.717, 1.165) is 24.1 Å². The van der Waals surface area contributed by atoms with Gasteiger partial charge in [0, 0.05) is 11.3 Å². The van der Waals surface area contributed by atoms with Crippen LogP contribution in [0.3, 0.4) is 0 Å². The van der Waals surface area contributed by atoms with Gasteiger partial charge in [-0.2, -0.15) is 0 Å². The summed E-state index contributed by atoms with van der Waals surface area (Å²) in [5.41, 5.74) is 6.01. The van der Waals surface area contributed by atoms with Crippen LogP contribution in [0.2, 0.25) is 0 Å². The van der Waals surface area contributed by atoms with Crippen LogP contribution in [0.15, 0.2) is 54.1 Å². The quantitative estimate of drug-likeness (QED) is 0.785. The summed E-state index contributed by atoms with van der Waals surface area (Å²) in [5, 5.41) is 7.25. The smallest absolute Gasteiger partial charge is 0.171 e. The summed E-state index contributed by atoms with van der Waals surface area (Å²) < 4.78 is 13.2. The van der Waals surface area contributed by atoms with Crippen molar-refractivity contribution < 1.29 is 4.39 Å². The molecule has 0 amide bonds. The molecular weight excluding hydrogens is 295 g/mol. The number of hydrogen-bond acceptors (Lipinski definition) is 1. The van der Waals surface area contributed by atoms with Crippen LogP contribution in [0.25, 0.3) is 5.70 Å². The average Bonchev–Trinajstić information content (AvgIpc) is 2.55. The first-order valence-electron chi connectivity index (χ1n) is 7.36. The number of fused-ring (bicyclic) bond motifs is 2. The van der Waals surface area contributed by atoms with Gasteiger partial charge in [-0.25, -0.2) is 4.39 Å². The van der Waals surface area contributed by atoms with Crippen LogP contribution in [0.4, 0.5) is 4.39 Å². The molecule has 2 aromatic rings. The SMILES string of the molecule is Fc1ccc([C@H]2NC(=S)NC3=C2CCc2ccccc23)cc1. The molecule has 0 fully saturated rings. The Morgan fingerprint density at radius 1 is 1.00 bits per heavy atom. The summed E-state index contributed by atoms with van der Waals surface area (Å²) in [5.74, 6) is -0.219. The lowest BCUT2D eigenvalue weighted by atomic mass is 9.83. The van der Waals surface area contributed by atoms with Crippen molar-refractivity contribution in [2.75, 3.05) is 0 Å². The van der Waals surface area contributed by atoms with E-state index in [-0.39, 0.29) is 11.9 Å². The number of aryl methyl sites for hydroxylation is 1. The first-order valence-corrected chi connectivity index (χ1v) is 7.77. The minimum atomic E-state index is -0.219.